The molecule has 0 aliphatic heterocycles. The number of nitrogens with zero attached hydrogens (tertiary/aromatic N) is 1. The fourth-order valence-electron chi connectivity index (χ4n) is 2.68. The lowest BCUT2D eigenvalue weighted by molar-refractivity contribution is 0.0937. The van der Waals surface area contributed by atoms with Gasteiger partial charge in [-0.3, -0.25) is 9.89 Å². The predicted molar refractivity (Wildman–Crippen MR) is 75.8 cm³/mol. The van der Waals surface area contributed by atoms with Gasteiger partial charge in [-0.15, -0.1) is 0 Å². The van der Waals surface area contributed by atoms with Crippen molar-refractivity contribution in [1.82, 2.24) is 15.5 Å². The van der Waals surface area contributed by atoms with Crippen LogP contribution in [0, 0.1) is 11.8 Å². The first-order chi connectivity index (χ1) is 9.11. The van der Waals surface area contributed by atoms with Crippen LogP contribution in [0.15, 0.2) is 0 Å². The van der Waals surface area contributed by atoms with Crippen LogP contribution < -0.4 is 11.1 Å². The number of aromatic amines is 1. The second-order valence-corrected chi connectivity index (χ2v) is 5.65. The summed E-state index contributed by atoms with van der Waals surface area (Å²) < 4.78 is 0. The van der Waals surface area contributed by atoms with Gasteiger partial charge in [0, 0.05) is 6.54 Å². The van der Waals surface area contributed by atoms with Crippen LogP contribution in [0.25, 0.3) is 0 Å². The molecule has 1 aromatic heterocycles. The quantitative estimate of drug-likeness (QED) is 0.778. The molecular formula is C14H24N4O. The molecule has 1 aliphatic carbocycles. The largest absolute Gasteiger partial charge is 0.395 e. The molecule has 5 nitrogen and oxygen atoms in total. The summed E-state index contributed by atoms with van der Waals surface area (Å²) in [5.41, 5.74) is 7.54. The van der Waals surface area contributed by atoms with E-state index >= 15 is 0 Å². The van der Waals surface area contributed by atoms with Gasteiger partial charge in [-0.1, -0.05) is 26.7 Å². The third-order valence-corrected chi connectivity index (χ3v) is 4.14. The molecule has 1 fully saturated rings. The summed E-state index contributed by atoms with van der Waals surface area (Å²) in [4.78, 5) is 12.0. The predicted octanol–water partition coefficient (Wildman–Crippen LogP) is 2.11. The minimum absolute atomic E-state index is 0.160. The summed E-state index contributed by atoms with van der Waals surface area (Å²) >= 11 is 0. The first-order valence-corrected chi connectivity index (χ1v) is 7.22. The van der Waals surface area contributed by atoms with Gasteiger partial charge in [0.1, 0.15) is 0 Å². The molecule has 1 aromatic rings. The number of nitrogens with one attached hydrogen (secondary N) is 2. The zero-order valence-electron chi connectivity index (χ0n) is 11.8. The number of anilines is 1. The van der Waals surface area contributed by atoms with Gasteiger partial charge >= 0.3 is 0 Å². The van der Waals surface area contributed by atoms with Gasteiger partial charge in [0.05, 0.1) is 11.4 Å². The van der Waals surface area contributed by atoms with E-state index in [9.17, 15) is 4.79 Å². The van der Waals surface area contributed by atoms with Gasteiger partial charge in [-0.25, -0.2) is 0 Å². The Balaban J connectivity index is 1.85. The third kappa shape index (κ3) is 3.28. The molecular weight excluding hydrogens is 240 g/mol. The number of nitrogen functional groups attached to an aromatic ring is 1. The highest BCUT2D eigenvalue weighted by molar-refractivity contribution is 5.97. The fourth-order valence-corrected chi connectivity index (χ4v) is 2.68. The molecule has 0 atom stereocenters. The van der Waals surface area contributed by atoms with Crippen LogP contribution in [-0.2, 0) is 6.42 Å². The van der Waals surface area contributed by atoms with Gasteiger partial charge in [0.15, 0.2) is 5.69 Å². The number of hydrogen-bond acceptors (Lipinski definition) is 3. The van der Waals surface area contributed by atoms with Crippen LogP contribution in [0.2, 0.25) is 0 Å². The Labute approximate surface area is 114 Å². The molecule has 1 amide bonds. The molecule has 0 aromatic carbocycles. The molecule has 4 N–H and O–H groups in total. The van der Waals surface area contributed by atoms with E-state index in [1.165, 1.54) is 25.7 Å². The number of nitrogens with two attached hydrogens (primary N) is 1. The molecule has 0 spiro atoms. The zero-order chi connectivity index (χ0) is 13.8. The van der Waals surface area contributed by atoms with Gasteiger partial charge in [-0.05, 0) is 31.1 Å². The van der Waals surface area contributed by atoms with Crippen LogP contribution in [0.4, 0.5) is 5.69 Å². The molecule has 2 rings (SSSR count). The van der Waals surface area contributed by atoms with E-state index in [1.54, 1.807) is 0 Å². The Morgan fingerprint density at radius 2 is 2.11 bits per heavy atom. The highest BCUT2D eigenvalue weighted by Gasteiger charge is 2.21. The molecule has 0 radical (unpaired) electrons. The summed E-state index contributed by atoms with van der Waals surface area (Å²) in [5.74, 6) is 1.28. The molecule has 5 heteroatoms. The van der Waals surface area contributed by atoms with Gasteiger partial charge < -0.3 is 11.1 Å². The lowest BCUT2D eigenvalue weighted by Gasteiger charge is -2.26. The average molecular weight is 264 g/mol. The first kappa shape index (κ1) is 13.9. The van der Waals surface area contributed by atoms with E-state index in [0.29, 0.717) is 17.3 Å². The number of hydrogen-bond donors (Lipinski definition) is 3. The van der Waals surface area contributed by atoms with E-state index in [1.807, 2.05) is 6.92 Å². The summed E-state index contributed by atoms with van der Waals surface area (Å²) in [7, 11) is 0. The molecule has 1 heterocycles. The summed E-state index contributed by atoms with van der Waals surface area (Å²) in [6.07, 6.45) is 5.71. The van der Waals surface area contributed by atoms with Crippen molar-refractivity contribution in [2.45, 2.75) is 46.0 Å². The van der Waals surface area contributed by atoms with Crippen molar-refractivity contribution in [3.05, 3.63) is 11.4 Å². The highest BCUT2D eigenvalue weighted by atomic mass is 16.1. The van der Waals surface area contributed by atoms with Crippen molar-refractivity contribution in [3.8, 4) is 0 Å². The number of carbonyl (C=O) groups is 1. The molecule has 19 heavy (non-hydrogen) atoms. The van der Waals surface area contributed by atoms with E-state index < -0.39 is 0 Å². The van der Waals surface area contributed by atoms with Crippen LogP contribution in [-0.4, -0.2) is 22.6 Å². The molecule has 0 saturated heterocycles. The molecule has 1 aliphatic rings. The molecule has 106 valence electrons. The minimum atomic E-state index is -0.160. The average Bonchev–Trinajstić information content (AvgIpc) is 2.79. The van der Waals surface area contributed by atoms with E-state index in [0.717, 1.165) is 24.6 Å². The highest BCUT2D eigenvalue weighted by Crippen LogP contribution is 2.27. The van der Waals surface area contributed by atoms with Crippen molar-refractivity contribution in [2.75, 3.05) is 12.3 Å². The smallest absolute Gasteiger partial charge is 0.273 e. The second kappa shape index (κ2) is 6.08. The van der Waals surface area contributed by atoms with Crippen LogP contribution >= 0.6 is 0 Å². The fraction of sp³-hybridized carbons (Fsp3) is 0.714. The molecule has 1 saturated carbocycles. The number of aryl methyl sites for hydroxylation is 1. The minimum Gasteiger partial charge on any atom is -0.395 e. The van der Waals surface area contributed by atoms with Crippen LogP contribution in [0.3, 0.4) is 0 Å². The van der Waals surface area contributed by atoms with Gasteiger partial charge in [-0.2, -0.15) is 5.10 Å². The summed E-state index contributed by atoms with van der Waals surface area (Å²) in [5, 5.41) is 9.77. The first-order valence-electron chi connectivity index (χ1n) is 7.22. The Morgan fingerprint density at radius 1 is 1.42 bits per heavy atom. The summed E-state index contributed by atoms with van der Waals surface area (Å²) in [6.45, 7) is 5.01. The van der Waals surface area contributed by atoms with Crippen molar-refractivity contribution >= 4 is 11.6 Å². The maximum absolute atomic E-state index is 12.0. The second-order valence-electron chi connectivity index (χ2n) is 5.65. The van der Waals surface area contributed by atoms with Crippen LogP contribution in [0.1, 0.15) is 55.7 Å². The number of amides is 1. The maximum atomic E-state index is 12.0. The standard InChI is InChI=1S/C14H24N4O/c1-3-11-12(15)13(18-17-11)14(19)16-8-10-6-4-9(2)5-7-10/h9-10H,3-8,15H2,1-2H3,(H,16,19)(H,17,18). The Bertz CT molecular complexity index is 433. The molecule has 0 unspecified atom stereocenters. The normalized spacial score (nSPS) is 23.3. The number of rotatable bonds is 4. The Kier molecular flexibility index (Phi) is 4.45. The Morgan fingerprint density at radius 3 is 2.68 bits per heavy atom. The van der Waals surface area contributed by atoms with Crippen molar-refractivity contribution in [3.63, 3.8) is 0 Å². The third-order valence-electron chi connectivity index (χ3n) is 4.14. The lowest BCUT2D eigenvalue weighted by Crippen LogP contribution is -2.31. The lowest BCUT2D eigenvalue weighted by atomic mass is 9.83. The van der Waals surface area contributed by atoms with Crippen molar-refractivity contribution < 1.29 is 4.79 Å². The van der Waals surface area contributed by atoms with E-state index in [4.69, 9.17) is 5.73 Å². The van der Waals surface area contributed by atoms with E-state index in [2.05, 4.69) is 22.4 Å². The van der Waals surface area contributed by atoms with Crippen molar-refractivity contribution in [1.29, 1.82) is 0 Å². The van der Waals surface area contributed by atoms with E-state index in [-0.39, 0.29) is 5.91 Å². The Hall–Kier alpha value is -1.52. The van der Waals surface area contributed by atoms with Gasteiger partial charge in [0.25, 0.3) is 5.91 Å². The van der Waals surface area contributed by atoms with Crippen molar-refractivity contribution in [2.24, 2.45) is 11.8 Å². The number of carbonyl (C=O) groups excluding carboxylic acids is 1. The topological polar surface area (TPSA) is 83.8 Å². The van der Waals surface area contributed by atoms with Gasteiger partial charge in [0.2, 0.25) is 0 Å². The zero-order valence-corrected chi connectivity index (χ0v) is 11.8. The maximum Gasteiger partial charge on any atom is 0.273 e. The monoisotopic (exact) mass is 264 g/mol. The SMILES string of the molecule is CCc1[nH]nc(C(=O)NCC2CCC(C)CC2)c1N. The number of aromatic nitrogens is 2. The number of H-pyrrole nitrogens is 1. The molecule has 0 bridgehead atoms. The summed E-state index contributed by atoms with van der Waals surface area (Å²) in [6, 6.07) is 0. The van der Waals surface area contributed by atoms with Crippen LogP contribution in [0.5, 0.6) is 0 Å².